The van der Waals surface area contributed by atoms with Crippen LogP contribution in [0.5, 0.6) is 0 Å². The monoisotopic (exact) mass is 371 g/mol. The highest BCUT2D eigenvalue weighted by atomic mass is 127. The van der Waals surface area contributed by atoms with Crippen LogP contribution >= 0.6 is 34.2 Å². The quantitative estimate of drug-likeness (QED) is 0.459. The van der Waals surface area contributed by atoms with Gasteiger partial charge in [-0.2, -0.15) is 0 Å². The minimum atomic E-state index is -0.171. The maximum atomic E-state index is 6.41. The van der Waals surface area contributed by atoms with E-state index < -0.39 is 0 Å². The fourth-order valence-corrected chi connectivity index (χ4v) is 2.71. The summed E-state index contributed by atoms with van der Waals surface area (Å²) >= 11 is 8.71. The zero-order chi connectivity index (χ0) is 13.0. The van der Waals surface area contributed by atoms with Crippen molar-refractivity contribution < 1.29 is 0 Å². The van der Waals surface area contributed by atoms with E-state index >= 15 is 0 Å². The van der Waals surface area contributed by atoms with E-state index in [1.54, 1.807) is 0 Å². The Labute approximate surface area is 127 Å². The molecule has 0 fully saturated rings. The summed E-state index contributed by atoms with van der Waals surface area (Å²) in [6, 6.07) is 18.8. The molecule has 0 aliphatic heterocycles. The van der Waals surface area contributed by atoms with Gasteiger partial charge in [0.15, 0.2) is 0 Å². The molecular weight excluding hydrogens is 357 g/mol. The van der Waals surface area contributed by atoms with Crippen molar-refractivity contribution in [3.8, 4) is 0 Å². The third kappa shape index (κ3) is 3.70. The molecule has 0 aliphatic rings. The largest absolute Gasteiger partial charge is 0.291 e. The van der Waals surface area contributed by atoms with Gasteiger partial charge in [0.2, 0.25) is 0 Å². The SMILES string of the molecule is C[C@@H](NC(Cl)c1cccc(I)c1)c1ccccc1. The molecule has 0 spiro atoms. The molecule has 0 heterocycles. The summed E-state index contributed by atoms with van der Waals surface area (Å²) in [5.74, 6) is 0. The van der Waals surface area contributed by atoms with Gasteiger partial charge in [0.1, 0.15) is 5.50 Å². The first kappa shape index (κ1) is 13.8. The van der Waals surface area contributed by atoms with Crippen molar-refractivity contribution in [3.63, 3.8) is 0 Å². The molecule has 0 aromatic heterocycles. The minimum absolute atomic E-state index is 0.171. The Morgan fingerprint density at radius 3 is 2.33 bits per heavy atom. The van der Waals surface area contributed by atoms with E-state index in [4.69, 9.17) is 11.6 Å². The summed E-state index contributed by atoms with van der Waals surface area (Å²) in [4.78, 5) is 0. The predicted octanol–water partition coefficient (Wildman–Crippen LogP) is 4.88. The predicted molar refractivity (Wildman–Crippen MR) is 85.7 cm³/mol. The Kier molecular flexibility index (Phi) is 5.03. The van der Waals surface area contributed by atoms with Gasteiger partial charge in [0.25, 0.3) is 0 Å². The van der Waals surface area contributed by atoms with Crippen LogP contribution in [0.4, 0.5) is 0 Å². The van der Waals surface area contributed by atoms with Crippen LogP contribution < -0.4 is 5.32 Å². The molecule has 0 radical (unpaired) electrons. The van der Waals surface area contributed by atoms with Gasteiger partial charge < -0.3 is 0 Å². The van der Waals surface area contributed by atoms with Gasteiger partial charge >= 0.3 is 0 Å². The molecule has 2 aromatic carbocycles. The highest BCUT2D eigenvalue weighted by molar-refractivity contribution is 14.1. The van der Waals surface area contributed by atoms with Crippen molar-refractivity contribution in [2.75, 3.05) is 0 Å². The van der Waals surface area contributed by atoms with E-state index in [0.29, 0.717) is 0 Å². The smallest absolute Gasteiger partial charge is 0.109 e. The average Bonchev–Trinajstić information content (AvgIpc) is 2.39. The number of benzene rings is 2. The summed E-state index contributed by atoms with van der Waals surface area (Å²) in [6.45, 7) is 2.12. The molecule has 0 saturated heterocycles. The van der Waals surface area contributed by atoms with Gasteiger partial charge in [-0.15, -0.1) is 11.6 Å². The van der Waals surface area contributed by atoms with Gasteiger partial charge in [0, 0.05) is 9.61 Å². The van der Waals surface area contributed by atoms with Crippen LogP contribution in [0.25, 0.3) is 0 Å². The van der Waals surface area contributed by atoms with E-state index in [1.807, 2.05) is 30.3 Å². The summed E-state index contributed by atoms with van der Waals surface area (Å²) < 4.78 is 1.20. The van der Waals surface area contributed by atoms with Crippen molar-refractivity contribution in [3.05, 3.63) is 69.3 Å². The Morgan fingerprint density at radius 2 is 1.67 bits per heavy atom. The topological polar surface area (TPSA) is 12.0 Å². The normalized spacial score (nSPS) is 14.2. The van der Waals surface area contributed by atoms with Gasteiger partial charge in [-0.3, -0.25) is 5.32 Å². The highest BCUT2D eigenvalue weighted by Gasteiger charge is 2.12. The summed E-state index contributed by atoms with van der Waals surface area (Å²) in [5, 5.41) is 3.40. The fourth-order valence-electron chi connectivity index (χ4n) is 1.82. The average molecular weight is 372 g/mol. The highest BCUT2D eigenvalue weighted by Crippen LogP contribution is 2.23. The second kappa shape index (κ2) is 6.55. The van der Waals surface area contributed by atoms with Crippen molar-refractivity contribution in [1.29, 1.82) is 0 Å². The summed E-state index contributed by atoms with van der Waals surface area (Å²) in [7, 11) is 0. The lowest BCUT2D eigenvalue weighted by Crippen LogP contribution is -2.20. The van der Waals surface area contributed by atoms with E-state index in [1.165, 1.54) is 9.13 Å². The molecule has 0 amide bonds. The number of rotatable bonds is 4. The third-order valence-corrected chi connectivity index (χ3v) is 3.89. The van der Waals surface area contributed by atoms with Crippen LogP contribution in [0.3, 0.4) is 0 Å². The molecule has 0 saturated carbocycles. The second-order valence-electron chi connectivity index (χ2n) is 4.22. The Morgan fingerprint density at radius 1 is 1.00 bits per heavy atom. The van der Waals surface area contributed by atoms with Crippen LogP contribution in [-0.4, -0.2) is 0 Å². The summed E-state index contributed by atoms with van der Waals surface area (Å²) in [6.07, 6.45) is 0. The molecule has 1 nitrogen and oxygen atoms in total. The molecule has 2 rings (SSSR count). The maximum Gasteiger partial charge on any atom is 0.109 e. The van der Waals surface area contributed by atoms with Gasteiger partial charge in [-0.05, 0) is 52.8 Å². The lowest BCUT2D eigenvalue weighted by Gasteiger charge is -2.19. The first-order valence-electron chi connectivity index (χ1n) is 5.87. The Hall–Kier alpha value is -0.580. The van der Waals surface area contributed by atoms with Crippen molar-refractivity contribution >= 4 is 34.2 Å². The Balaban J connectivity index is 2.05. The van der Waals surface area contributed by atoms with Crippen molar-refractivity contribution in [1.82, 2.24) is 5.32 Å². The number of hydrogen-bond acceptors (Lipinski definition) is 1. The zero-order valence-electron chi connectivity index (χ0n) is 10.1. The van der Waals surface area contributed by atoms with Crippen LogP contribution in [0.15, 0.2) is 54.6 Å². The standard InChI is InChI=1S/C15H15ClIN/c1-11(12-6-3-2-4-7-12)18-15(16)13-8-5-9-14(17)10-13/h2-11,15,18H,1H3/t11-,15?/m1/s1. The molecule has 2 atom stereocenters. The minimum Gasteiger partial charge on any atom is -0.291 e. The van der Waals surface area contributed by atoms with Crippen LogP contribution in [0, 0.1) is 3.57 Å². The lowest BCUT2D eigenvalue weighted by molar-refractivity contribution is 0.559. The van der Waals surface area contributed by atoms with Crippen LogP contribution in [0.1, 0.15) is 29.6 Å². The zero-order valence-corrected chi connectivity index (χ0v) is 13.0. The Bertz CT molecular complexity index is 501. The molecule has 94 valence electrons. The number of halogens is 2. The fraction of sp³-hybridized carbons (Fsp3) is 0.200. The molecule has 3 heteroatoms. The molecule has 0 aliphatic carbocycles. The number of hydrogen-bond donors (Lipinski definition) is 1. The molecule has 2 aromatic rings. The van der Waals surface area contributed by atoms with Gasteiger partial charge in [0.05, 0.1) is 0 Å². The van der Waals surface area contributed by atoms with Crippen LogP contribution in [-0.2, 0) is 0 Å². The molecule has 1 N–H and O–H groups in total. The van der Waals surface area contributed by atoms with E-state index in [-0.39, 0.29) is 11.5 Å². The van der Waals surface area contributed by atoms with Gasteiger partial charge in [-0.1, -0.05) is 42.5 Å². The second-order valence-corrected chi connectivity index (χ2v) is 5.90. The van der Waals surface area contributed by atoms with Crippen molar-refractivity contribution in [2.24, 2.45) is 0 Å². The van der Waals surface area contributed by atoms with E-state index in [9.17, 15) is 0 Å². The number of alkyl halides is 1. The lowest BCUT2D eigenvalue weighted by atomic mass is 10.1. The molecule has 1 unspecified atom stereocenters. The summed E-state index contributed by atoms with van der Waals surface area (Å²) in [5.41, 5.74) is 2.18. The van der Waals surface area contributed by atoms with E-state index in [0.717, 1.165) is 5.56 Å². The van der Waals surface area contributed by atoms with E-state index in [2.05, 4.69) is 59.1 Å². The third-order valence-electron chi connectivity index (χ3n) is 2.84. The first-order valence-corrected chi connectivity index (χ1v) is 7.39. The molecular formula is C15H15ClIN. The maximum absolute atomic E-state index is 6.41. The van der Waals surface area contributed by atoms with Gasteiger partial charge in [-0.25, -0.2) is 0 Å². The number of nitrogens with one attached hydrogen (secondary N) is 1. The van der Waals surface area contributed by atoms with Crippen LogP contribution in [0.2, 0.25) is 0 Å². The first-order chi connectivity index (χ1) is 8.66. The molecule has 18 heavy (non-hydrogen) atoms. The van der Waals surface area contributed by atoms with Crippen molar-refractivity contribution in [2.45, 2.75) is 18.5 Å². The molecule has 0 bridgehead atoms.